The summed E-state index contributed by atoms with van der Waals surface area (Å²) in [5, 5.41) is 7.80. The zero-order valence-electron chi connectivity index (χ0n) is 24.9. The molecule has 0 radical (unpaired) electrons. The van der Waals surface area contributed by atoms with Crippen molar-refractivity contribution in [2.75, 3.05) is 5.32 Å². The van der Waals surface area contributed by atoms with Gasteiger partial charge in [-0.05, 0) is 81.6 Å². The van der Waals surface area contributed by atoms with Gasteiger partial charge in [0.25, 0.3) is 11.8 Å². The Morgan fingerprint density at radius 2 is 1.17 bits per heavy atom. The second-order valence-electron chi connectivity index (χ2n) is 10.7. The Balaban J connectivity index is 1.19. The van der Waals surface area contributed by atoms with Gasteiger partial charge >= 0.3 is 0 Å². The molecule has 6 rings (SSSR count). The van der Waals surface area contributed by atoms with Gasteiger partial charge in [-0.1, -0.05) is 121 Å². The van der Waals surface area contributed by atoms with Crippen LogP contribution < -0.4 is 10.6 Å². The molecule has 0 saturated heterocycles. The fraction of sp³-hybridized carbons (Fsp3) is 0. The zero-order valence-corrected chi connectivity index (χ0v) is 24.9. The molecule has 6 aromatic carbocycles. The van der Waals surface area contributed by atoms with Gasteiger partial charge in [0.1, 0.15) is 5.70 Å². The predicted octanol–water partition coefficient (Wildman–Crippen LogP) is 8.81. The van der Waals surface area contributed by atoms with Crippen molar-refractivity contribution in [2.24, 2.45) is 0 Å². The minimum absolute atomic E-state index is 0.0829. The van der Waals surface area contributed by atoms with Crippen molar-refractivity contribution in [3.8, 4) is 11.1 Å². The Morgan fingerprint density at radius 1 is 0.543 bits per heavy atom. The van der Waals surface area contributed by atoms with E-state index < -0.39 is 11.8 Å². The predicted molar refractivity (Wildman–Crippen MR) is 186 cm³/mol. The van der Waals surface area contributed by atoms with E-state index in [0.717, 1.165) is 33.0 Å². The van der Waals surface area contributed by atoms with Crippen LogP contribution in [-0.4, -0.2) is 17.6 Å². The molecule has 0 aliphatic carbocycles. The Hall–Kier alpha value is -6.33. The molecular weight excluding hydrogens is 568 g/mol. The number of hydrogen-bond donors (Lipinski definition) is 2. The van der Waals surface area contributed by atoms with Crippen LogP contribution in [0.2, 0.25) is 0 Å². The standard InChI is InChI=1S/C41H30N2O3/c44-39(27-24-33-16-9-15-32-12-7-8-17-37(32)33)34-22-25-36(26-23-34)42-41(46)38(43-40(45)35-13-5-2-6-14-35)28-29-18-20-31(21-19-29)30-10-3-1-4-11-30/h1-28H,(H,42,46)(H,43,45)/b27-24+,38-28-. The molecule has 2 amide bonds. The molecule has 0 unspecified atom stereocenters. The van der Waals surface area contributed by atoms with Crippen LogP contribution in [0.25, 0.3) is 34.1 Å². The molecule has 6 aromatic rings. The van der Waals surface area contributed by atoms with Crippen LogP contribution in [0.3, 0.4) is 0 Å². The highest BCUT2D eigenvalue weighted by atomic mass is 16.2. The first-order valence-corrected chi connectivity index (χ1v) is 14.9. The van der Waals surface area contributed by atoms with Gasteiger partial charge in [-0.15, -0.1) is 0 Å². The normalized spacial score (nSPS) is 11.3. The summed E-state index contributed by atoms with van der Waals surface area (Å²) < 4.78 is 0. The molecule has 0 aliphatic heterocycles. The SMILES string of the molecule is O=C(Nc1ccc(C(=O)/C=C/c2cccc3ccccc23)cc1)/C(=C/c1ccc(-c2ccccc2)cc1)NC(=O)c1ccccc1. The summed E-state index contributed by atoms with van der Waals surface area (Å²) in [6.45, 7) is 0. The number of carbonyl (C=O) groups is 3. The Bertz CT molecular complexity index is 2060. The Kier molecular flexibility index (Phi) is 9.03. The summed E-state index contributed by atoms with van der Waals surface area (Å²) in [5.74, 6) is -1.05. The van der Waals surface area contributed by atoms with Crippen molar-refractivity contribution in [1.29, 1.82) is 0 Å². The van der Waals surface area contributed by atoms with Crippen LogP contribution >= 0.6 is 0 Å². The molecular formula is C41H30N2O3. The minimum atomic E-state index is -0.494. The number of carbonyl (C=O) groups excluding carboxylic acids is 3. The molecule has 2 N–H and O–H groups in total. The van der Waals surface area contributed by atoms with Crippen LogP contribution in [0.1, 0.15) is 31.8 Å². The molecule has 0 spiro atoms. The molecule has 0 heterocycles. The van der Waals surface area contributed by atoms with Gasteiger partial charge in [-0.25, -0.2) is 0 Å². The van der Waals surface area contributed by atoms with Gasteiger partial charge in [-0.2, -0.15) is 0 Å². The second-order valence-corrected chi connectivity index (χ2v) is 10.7. The minimum Gasteiger partial charge on any atom is -0.321 e. The molecule has 0 fully saturated rings. The first-order valence-electron chi connectivity index (χ1n) is 14.9. The van der Waals surface area contributed by atoms with E-state index in [4.69, 9.17) is 0 Å². The van der Waals surface area contributed by atoms with Crippen LogP contribution in [-0.2, 0) is 4.79 Å². The molecule has 5 heteroatoms. The second kappa shape index (κ2) is 14.0. The molecule has 0 aliphatic rings. The maximum absolute atomic E-state index is 13.5. The first kappa shape index (κ1) is 29.7. The number of fused-ring (bicyclic) bond motifs is 1. The average Bonchev–Trinajstić information content (AvgIpc) is 3.11. The summed E-state index contributed by atoms with van der Waals surface area (Å²) in [6.07, 6.45) is 5.01. The van der Waals surface area contributed by atoms with Crippen LogP contribution in [0.5, 0.6) is 0 Å². The summed E-state index contributed by atoms with van der Waals surface area (Å²) in [6, 6.07) is 47.1. The van der Waals surface area contributed by atoms with Gasteiger partial charge in [0.15, 0.2) is 5.78 Å². The van der Waals surface area contributed by atoms with E-state index in [1.165, 1.54) is 0 Å². The molecule has 0 atom stereocenters. The lowest BCUT2D eigenvalue weighted by Gasteiger charge is -2.12. The Morgan fingerprint density at radius 3 is 1.91 bits per heavy atom. The van der Waals surface area contributed by atoms with Crippen LogP contribution in [0.15, 0.2) is 163 Å². The van der Waals surface area contributed by atoms with Gasteiger partial charge in [-0.3, -0.25) is 14.4 Å². The molecule has 0 bridgehead atoms. The fourth-order valence-corrected chi connectivity index (χ4v) is 5.09. The molecule has 5 nitrogen and oxygen atoms in total. The average molecular weight is 599 g/mol. The van der Waals surface area contributed by atoms with E-state index in [-0.39, 0.29) is 11.5 Å². The molecule has 46 heavy (non-hydrogen) atoms. The third-order valence-electron chi connectivity index (χ3n) is 7.52. The molecule has 222 valence electrons. The van der Waals surface area contributed by atoms with Gasteiger partial charge in [0.2, 0.25) is 0 Å². The molecule has 0 aromatic heterocycles. The summed E-state index contributed by atoms with van der Waals surface area (Å²) in [4.78, 5) is 39.4. The number of benzene rings is 6. The number of hydrogen-bond acceptors (Lipinski definition) is 3. The van der Waals surface area contributed by atoms with Crippen LogP contribution in [0, 0.1) is 0 Å². The largest absolute Gasteiger partial charge is 0.321 e. The summed E-state index contributed by atoms with van der Waals surface area (Å²) >= 11 is 0. The number of ketones is 1. The van der Waals surface area contributed by atoms with E-state index >= 15 is 0 Å². The van der Waals surface area contributed by atoms with Gasteiger partial charge in [0.05, 0.1) is 0 Å². The first-order chi connectivity index (χ1) is 22.5. The third-order valence-corrected chi connectivity index (χ3v) is 7.52. The number of anilines is 1. The van der Waals surface area contributed by atoms with Gasteiger partial charge in [0, 0.05) is 16.8 Å². The summed E-state index contributed by atoms with van der Waals surface area (Å²) in [7, 11) is 0. The van der Waals surface area contributed by atoms with Crippen molar-refractivity contribution in [3.05, 3.63) is 186 Å². The number of rotatable bonds is 9. The lowest BCUT2D eigenvalue weighted by Crippen LogP contribution is -2.30. The van der Waals surface area contributed by atoms with Crippen molar-refractivity contribution in [2.45, 2.75) is 0 Å². The maximum Gasteiger partial charge on any atom is 0.272 e. The zero-order chi connectivity index (χ0) is 31.7. The van der Waals surface area contributed by atoms with E-state index in [1.807, 2.05) is 109 Å². The van der Waals surface area contributed by atoms with Crippen LogP contribution in [0.4, 0.5) is 5.69 Å². The summed E-state index contributed by atoms with van der Waals surface area (Å²) in [5.41, 5.74) is 5.32. The quantitative estimate of drug-likeness (QED) is 0.129. The van der Waals surface area contributed by atoms with E-state index in [1.54, 1.807) is 60.7 Å². The highest BCUT2D eigenvalue weighted by Crippen LogP contribution is 2.22. The highest BCUT2D eigenvalue weighted by molar-refractivity contribution is 6.11. The van der Waals surface area contributed by atoms with Crippen molar-refractivity contribution in [1.82, 2.24) is 5.32 Å². The monoisotopic (exact) mass is 598 g/mol. The lowest BCUT2D eigenvalue weighted by molar-refractivity contribution is -0.113. The highest BCUT2D eigenvalue weighted by Gasteiger charge is 2.15. The third kappa shape index (κ3) is 7.24. The smallest absolute Gasteiger partial charge is 0.272 e. The topological polar surface area (TPSA) is 75.3 Å². The van der Waals surface area contributed by atoms with E-state index in [0.29, 0.717) is 16.8 Å². The van der Waals surface area contributed by atoms with E-state index in [2.05, 4.69) is 10.6 Å². The van der Waals surface area contributed by atoms with Gasteiger partial charge < -0.3 is 10.6 Å². The van der Waals surface area contributed by atoms with E-state index in [9.17, 15) is 14.4 Å². The lowest BCUT2D eigenvalue weighted by atomic mass is 10.0. The van der Waals surface area contributed by atoms with Crippen molar-refractivity contribution < 1.29 is 14.4 Å². The number of allylic oxidation sites excluding steroid dienone is 1. The molecule has 0 saturated carbocycles. The number of amides is 2. The maximum atomic E-state index is 13.5. The van der Waals surface area contributed by atoms with Crippen molar-refractivity contribution in [3.63, 3.8) is 0 Å². The number of nitrogens with one attached hydrogen (secondary N) is 2. The van der Waals surface area contributed by atoms with Crippen molar-refractivity contribution >= 4 is 46.2 Å². The Labute approximate surface area is 267 Å². The fourth-order valence-electron chi connectivity index (χ4n) is 5.09.